The summed E-state index contributed by atoms with van der Waals surface area (Å²) < 4.78 is 31.7. The molecule has 0 saturated heterocycles. The number of hydrogen-bond donors (Lipinski definition) is 1. The lowest BCUT2D eigenvalue weighted by Crippen LogP contribution is -2.39. The summed E-state index contributed by atoms with van der Waals surface area (Å²) in [5.74, 6) is -2.92. The molecule has 0 spiro atoms. The van der Waals surface area contributed by atoms with Crippen molar-refractivity contribution in [2.45, 2.75) is 31.7 Å². The van der Waals surface area contributed by atoms with Crippen molar-refractivity contribution in [2.75, 3.05) is 7.11 Å². The van der Waals surface area contributed by atoms with Crippen LogP contribution in [0.2, 0.25) is 0 Å². The number of carbonyl (C=O) groups is 2. The van der Waals surface area contributed by atoms with E-state index < -0.39 is 23.1 Å². The van der Waals surface area contributed by atoms with Crippen molar-refractivity contribution in [2.24, 2.45) is 5.92 Å². The fraction of sp³-hybridized carbons (Fsp3) is 0.467. The highest BCUT2D eigenvalue weighted by molar-refractivity contribution is 5.94. The van der Waals surface area contributed by atoms with Crippen LogP contribution in [0, 0.1) is 17.6 Å². The van der Waals surface area contributed by atoms with E-state index in [-0.39, 0.29) is 17.9 Å². The first-order valence-corrected chi connectivity index (χ1v) is 6.85. The Morgan fingerprint density at radius 1 is 1.14 bits per heavy atom. The van der Waals surface area contributed by atoms with E-state index in [0.29, 0.717) is 25.7 Å². The van der Waals surface area contributed by atoms with E-state index in [2.05, 4.69) is 10.1 Å². The first-order valence-electron chi connectivity index (χ1n) is 6.85. The van der Waals surface area contributed by atoms with Crippen LogP contribution in [0.4, 0.5) is 8.78 Å². The number of amides is 1. The Balaban J connectivity index is 1.95. The summed E-state index contributed by atoms with van der Waals surface area (Å²) in [6, 6.07) is 3.12. The lowest BCUT2D eigenvalue weighted by atomic mass is 9.86. The summed E-state index contributed by atoms with van der Waals surface area (Å²) in [4.78, 5) is 23.3. The van der Waals surface area contributed by atoms with Gasteiger partial charge >= 0.3 is 5.97 Å². The molecule has 1 aromatic rings. The number of halogens is 2. The van der Waals surface area contributed by atoms with Crippen LogP contribution in [0.15, 0.2) is 18.2 Å². The largest absolute Gasteiger partial charge is 0.469 e. The molecule has 1 aliphatic rings. The van der Waals surface area contributed by atoms with Crippen LogP contribution < -0.4 is 5.32 Å². The number of benzene rings is 1. The zero-order valence-corrected chi connectivity index (χ0v) is 11.7. The van der Waals surface area contributed by atoms with E-state index in [1.54, 1.807) is 0 Å². The van der Waals surface area contributed by atoms with Crippen molar-refractivity contribution < 1.29 is 23.1 Å². The summed E-state index contributed by atoms with van der Waals surface area (Å²) in [5, 5.41) is 2.62. The highest BCUT2D eigenvalue weighted by Gasteiger charge is 2.28. The lowest BCUT2D eigenvalue weighted by molar-refractivity contribution is -0.146. The number of esters is 1. The predicted molar refractivity (Wildman–Crippen MR) is 71.6 cm³/mol. The molecule has 0 aromatic heterocycles. The third kappa shape index (κ3) is 3.56. The van der Waals surface area contributed by atoms with Crippen molar-refractivity contribution >= 4 is 11.9 Å². The van der Waals surface area contributed by atoms with Crippen molar-refractivity contribution in [3.63, 3.8) is 0 Å². The Morgan fingerprint density at radius 3 is 2.24 bits per heavy atom. The van der Waals surface area contributed by atoms with Gasteiger partial charge in [0.15, 0.2) is 0 Å². The first-order chi connectivity index (χ1) is 10.0. The number of nitrogens with one attached hydrogen (secondary N) is 1. The van der Waals surface area contributed by atoms with Crippen LogP contribution in [0.5, 0.6) is 0 Å². The molecule has 114 valence electrons. The maximum Gasteiger partial charge on any atom is 0.308 e. The topological polar surface area (TPSA) is 55.4 Å². The second kappa shape index (κ2) is 6.65. The van der Waals surface area contributed by atoms with Crippen LogP contribution >= 0.6 is 0 Å². The van der Waals surface area contributed by atoms with Gasteiger partial charge in [-0.05, 0) is 37.8 Å². The molecule has 0 bridgehead atoms. The second-order valence-electron chi connectivity index (χ2n) is 5.14. The molecule has 1 saturated carbocycles. The molecule has 21 heavy (non-hydrogen) atoms. The van der Waals surface area contributed by atoms with E-state index in [4.69, 9.17) is 0 Å². The molecule has 2 rings (SSSR count). The van der Waals surface area contributed by atoms with Gasteiger partial charge in [0.05, 0.1) is 13.0 Å². The van der Waals surface area contributed by atoms with Crippen molar-refractivity contribution in [3.8, 4) is 0 Å². The van der Waals surface area contributed by atoms with Gasteiger partial charge in [-0.15, -0.1) is 0 Å². The highest BCUT2D eigenvalue weighted by atomic mass is 19.1. The van der Waals surface area contributed by atoms with Gasteiger partial charge in [-0.1, -0.05) is 6.07 Å². The number of rotatable bonds is 3. The molecule has 1 N–H and O–H groups in total. The van der Waals surface area contributed by atoms with Crippen LogP contribution in [0.3, 0.4) is 0 Å². The number of ether oxygens (including phenoxy) is 1. The fourth-order valence-electron chi connectivity index (χ4n) is 2.61. The van der Waals surface area contributed by atoms with E-state index in [0.717, 1.165) is 12.1 Å². The van der Waals surface area contributed by atoms with Crippen molar-refractivity contribution in [1.82, 2.24) is 5.32 Å². The lowest BCUT2D eigenvalue weighted by Gasteiger charge is -2.27. The van der Waals surface area contributed by atoms with Gasteiger partial charge in [-0.25, -0.2) is 8.78 Å². The Morgan fingerprint density at radius 2 is 1.71 bits per heavy atom. The quantitative estimate of drug-likeness (QED) is 0.872. The van der Waals surface area contributed by atoms with Crippen LogP contribution in [0.25, 0.3) is 0 Å². The number of hydrogen-bond acceptors (Lipinski definition) is 3. The molecule has 4 nitrogen and oxygen atoms in total. The zero-order chi connectivity index (χ0) is 15.4. The molecule has 0 unspecified atom stereocenters. The van der Waals surface area contributed by atoms with Crippen molar-refractivity contribution in [3.05, 3.63) is 35.4 Å². The van der Waals surface area contributed by atoms with Crippen LogP contribution in [0.1, 0.15) is 36.0 Å². The Labute approximate surface area is 121 Å². The molecule has 1 fully saturated rings. The molecular formula is C15H17F2NO3. The average Bonchev–Trinajstić information content (AvgIpc) is 2.47. The molecule has 0 heterocycles. The molecule has 0 aliphatic heterocycles. The van der Waals surface area contributed by atoms with Gasteiger partial charge < -0.3 is 10.1 Å². The minimum atomic E-state index is -0.879. The summed E-state index contributed by atoms with van der Waals surface area (Å²) in [6.45, 7) is 0. The molecule has 0 atom stereocenters. The normalized spacial score (nSPS) is 21.7. The smallest absolute Gasteiger partial charge is 0.308 e. The second-order valence-corrected chi connectivity index (χ2v) is 5.14. The third-order valence-corrected chi connectivity index (χ3v) is 3.79. The molecule has 1 aliphatic carbocycles. The minimum absolute atomic E-state index is 0.159. The first kappa shape index (κ1) is 15.4. The zero-order valence-electron chi connectivity index (χ0n) is 11.7. The van der Waals surface area contributed by atoms with E-state index in [9.17, 15) is 18.4 Å². The maximum atomic E-state index is 13.5. The van der Waals surface area contributed by atoms with Crippen LogP contribution in [-0.4, -0.2) is 25.0 Å². The minimum Gasteiger partial charge on any atom is -0.469 e. The van der Waals surface area contributed by atoms with Gasteiger partial charge in [0.1, 0.15) is 17.2 Å². The summed E-state index contributed by atoms with van der Waals surface area (Å²) in [7, 11) is 1.34. The fourth-order valence-corrected chi connectivity index (χ4v) is 2.61. The molecule has 1 amide bonds. The predicted octanol–water partition coefficient (Wildman–Crippen LogP) is 2.43. The van der Waals surface area contributed by atoms with Gasteiger partial charge in [0.2, 0.25) is 0 Å². The van der Waals surface area contributed by atoms with Gasteiger partial charge in [0.25, 0.3) is 5.91 Å². The Bertz CT molecular complexity index is 519. The Hall–Kier alpha value is -1.98. The number of methoxy groups -OCH3 is 1. The SMILES string of the molecule is COC(=O)C1CCC(NC(=O)c2c(F)cccc2F)CC1. The summed E-state index contributed by atoms with van der Waals surface area (Å²) in [5.41, 5.74) is -0.562. The van der Waals surface area contributed by atoms with Crippen molar-refractivity contribution in [1.29, 1.82) is 0 Å². The van der Waals surface area contributed by atoms with E-state index in [1.807, 2.05) is 0 Å². The Kier molecular flexibility index (Phi) is 4.88. The van der Waals surface area contributed by atoms with Crippen LogP contribution in [-0.2, 0) is 9.53 Å². The van der Waals surface area contributed by atoms with E-state index in [1.165, 1.54) is 13.2 Å². The monoisotopic (exact) mass is 297 g/mol. The maximum absolute atomic E-state index is 13.5. The highest BCUT2D eigenvalue weighted by Crippen LogP contribution is 2.25. The standard InChI is InChI=1S/C15H17F2NO3/c1-21-15(20)9-5-7-10(8-6-9)18-14(19)13-11(16)3-2-4-12(13)17/h2-4,9-10H,5-8H2,1H3,(H,18,19). The van der Waals surface area contributed by atoms with E-state index >= 15 is 0 Å². The molecule has 6 heteroatoms. The molecule has 0 radical (unpaired) electrons. The summed E-state index contributed by atoms with van der Waals surface area (Å²) in [6.07, 6.45) is 2.36. The molecule has 1 aromatic carbocycles. The summed E-state index contributed by atoms with van der Waals surface area (Å²) >= 11 is 0. The molecular weight excluding hydrogens is 280 g/mol. The average molecular weight is 297 g/mol. The third-order valence-electron chi connectivity index (χ3n) is 3.79. The van der Waals surface area contributed by atoms with Gasteiger partial charge in [-0.3, -0.25) is 9.59 Å². The van der Waals surface area contributed by atoms with Gasteiger partial charge in [0, 0.05) is 6.04 Å². The number of carbonyl (C=O) groups excluding carboxylic acids is 2. The van der Waals surface area contributed by atoms with Gasteiger partial charge in [-0.2, -0.15) is 0 Å².